The van der Waals surface area contributed by atoms with Crippen LogP contribution in [0.25, 0.3) is 0 Å². The van der Waals surface area contributed by atoms with E-state index in [1.54, 1.807) is 0 Å². The predicted octanol–water partition coefficient (Wildman–Crippen LogP) is 1.36. The van der Waals surface area contributed by atoms with E-state index in [1.165, 1.54) is 13.0 Å². The topological polar surface area (TPSA) is 58.3 Å². The summed E-state index contributed by atoms with van der Waals surface area (Å²) in [7, 11) is 0. The molecule has 0 spiro atoms. The monoisotopic (exact) mass is 162 g/mol. The van der Waals surface area contributed by atoms with Crippen molar-refractivity contribution in [3.63, 3.8) is 0 Å². The van der Waals surface area contributed by atoms with Crippen molar-refractivity contribution in [2.24, 2.45) is 11.8 Å². The van der Waals surface area contributed by atoms with E-state index < -0.39 is 0 Å². The average Bonchev–Trinajstić information content (AvgIpc) is 2.43. The fraction of sp³-hybridized carbons (Fsp3) is 1.00. The molecule has 1 aliphatic rings. The Morgan fingerprint density at radius 3 is 1.82 bits per heavy atom. The lowest BCUT2D eigenvalue weighted by molar-refractivity contribution is 0.311. The second-order valence-corrected chi connectivity index (χ2v) is 2.65. The minimum absolute atomic E-state index is 0.773. The largest absolute Gasteiger partial charge is 0.320 e. The lowest BCUT2D eigenvalue weighted by atomic mass is 10.1. The standard InChI is InChI=1S/C6H13N.C2H6.H3NO/c1-5-3-6(2)7-4-5;2*1-2/h5-7H,3-4H2,1-2H3;1-2H3;2H,1H2. The van der Waals surface area contributed by atoms with Gasteiger partial charge in [0.15, 0.2) is 0 Å². The van der Waals surface area contributed by atoms with Crippen LogP contribution in [0, 0.1) is 5.92 Å². The van der Waals surface area contributed by atoms with E-state index in [0.29, 0.717) is 0 Å². The SMILES string of the molecule is CC.CC1CNC(C)C1.NO. The molecule has 0 aromatic rings. The third-order valence-corrected chi connectivity index (χ3v) is 1.57. The third kappa shape index (κ3) is 7.78. The second-order valence-electron chi connectivity index (χ2n) is 2.65. The van der Waals surface area contributed by atoms with Gasteiger partial charge in [-0.25, -0.2) is 5.90 Å². The van der Waals surface area contributed by atoms with Gasteiger partial charge in [-0.3, -0.25) is 0 Å². The highest BCUT2D eigenvalue weighted by Crippen LogP contribution is 2.10. The number of hydrogen-bond acceptors (Lipinski definition) is 3. The summed E-state index contributed by atoms with van der Waals surface area (Å²) >= 11 is 0. The fourth-order valence-corrected chi connectivity index (χ4v) is 1.17. The number of rotatable bonds is 0. The minimum Gasteiger partial charge on any atom is -0.320 e. The molecule has 3 nitrogen and oxygen atoms in total. The molecule has 70 valence electrons. The highest BCUT2D eigenvalue weighted by molar-refractivity contribution is 4.74. The number of nitrogens with two attached hydrogens (primary N) is 1. The van der Waals surface area contributed by atoms with Gasteiger partial charge < -0.3 is 10.5 Å². The first-order valence-corrected chi connectivity index (χ1v) is 4.28. The molecule has 11 heavy (non-hydrogen) atoms. The van der Waals surface area contributed by atoms with Gasteiger partial charge in [0.25, 0.3) is 0 Å². The van der Waals surface area contributed by atoms with E-state index in [1.807, 2.05) is 13.8 Å². The molecule has 1 fully saturated rings. The van der Waals surface area contributed by atoms with Crippen molar-refractivity contribution < 1.29 is 5.21 Å². The summed E-state index contributed by atoms with van der Waals surface area (Å²) in [5, 5.41) is 9.87. The number of hydrogen-bond donors (Lipinski definition) is 3. The van der Waals surface area contributed by atoms with Crippen LogP contribution < -0.4 is 11.2 Å². The van der Waals surface area contributed by atoms with Crippen LogP contribution in [0.1, 0.15) is 34.1 Å². The molecule has 0 aromatic carbocycles. The Morgan fingerprint density at radius 2 is 1.73 bits per heavy atom. The molecule has 1 aliphatic heterocycles. The molecule has 2 atom stereocenters. The van der Waals surface area contributed by atoms with Gasteiger partial charge in [-0.05, 0) is 25.8 Å². The van der Waals surface area contributed by atoms with Crippen molar-refractivity contribution >= 4 is 0 Å². The zero-order valence-corrected chi connectivity index (χ0v) is 8.09. The van der Waals surface area contributed by atoms with Crippen molar-refractivity contribution in [2.45, 2.75) is 40.2 Å². The van der Waals surface area contributed by atoms with Crippen molar-refractivity contribution in [1.82, 2.24) is 5.32 Å². The zero-order valence-electron chi connectivity index (χ0n) is 8.09. The van der Waals surface area contributed by atoms with Crippen molar-refractivity contribution in [1.29, 1.82) is 0 Å². The van der Waals surface area contributed by atoms with Crippen molar-refractivity contribution in [3.8, 4) is 0 Å². The molecule has 3 heteroatoms. The van der Waals surface area contributed by atoms with E-state index in [2.05, 4.69) is 25.1 Å². The molecule has 1 heterocycles. The Hall–Kier alpha value is -0.120. The third-order valence-electron chi connectivity index (χ3n) is 1.57. The summed E-state index contributed by atoms with van der Waals surface area (Å²) in [6, 6.07) is 0.773. The molecule has 4 N–H and O–H groups in total. The highest BCUT2D eigenvalue weighted by atomic mass is 16.4. The molecular formula is C8H22N2O. The second kappa shape index (κ2) is 9.88. The van der Waals surface area contributed by atoms with Gasteiger partial charge in [0.2, 0.25) is 0 Å². The first kappa shape index (κ1) is 13.5. The Labute approximate surface area is 69.9 Å². The first-order chi connectivity index (χ1) is 5.29. The predicted molar refractivity (Wildman–Crippen MR) is 48.6 cm³/mol. The molecule has 1 rings (SSSR count). The lowest BCUT2D eigenvalue weighted by Crippen LogP contribution is -2.16. The minimum atomic E-state index is 0.773. The van der Waals surface area contributed by atoms with Crippen LogP contribution in [0.2, 0.25) is 0 Å². The van der Waals surface area contributed by atoms with Gasteiger partial charge in [0, 0.05) is 6.04 Å². The molecule has 0 aromatic heterocycles. The summed E-state index contributed by atoms with van der Waals surface area (Å²) in [4.78, 5) is 0. The first-order valence-electron chi connectivity index (χ1n) is 4.28. The van der Waals surface area contributed by atoms with E-state index in [0.717, 1.165) is 12.0 Å². The van der Waals surface area contributed by atoms with Crippen LogP contribution in [-0.2, 0) is 0 Å². The maximum atomic E-state index is 6.50. The highest BCUT2D eigenvalue weighted by Gasteiger charge is 2.14. The maximum Gasteiger partial charge on any atom is 0.00418 e. The Morgan fingerprint density at radius 1 is 1.27 bits per heavy atom. The van der Waals surface area contributed by atoms with Crippen LogP contribution in [-0.4, -0.2) is 17.8 Å². The summed E-state index contributed by atoms with van der Waals surface area (Å²) in [5.74, 6) is 4.41. The molecule has 1 saturated heterocycles. The van der Waals surface area contributed by atoms with Gasteiger partial charge in [0.05, 0.1) is 0 Å². The van der Waals surface area contributed by atoms with E-state index >= 15 is 0 Å². The van der Waals surface area contributed by atoms with E-state index in [4.69, 9.17) is 5.21 Å². The van der Waals surface area contributed by atoms with Gasteiger partial charge in [-0.1, -0.05) is 20.8 Å². The Bertz CT molecular complexity index is 61.1. The van der Waals surface area contributed by atoms with Crippen LogP contribution >= 0.6 is 0 Å². The van der Waals surface area contributed by atoms with Crippen molar-refractivity contribution in [3.05, 3.63) is 0 Å². The van der Waals surface area contributed by atoms with E-state index in [-0.39, 0.29) is 0 Å². The summed E-state index contributed by atoms with van der Waals surface area (Å²) in [6.07, 6.45) is 1.36. The van der Waals surface area contributed by atoms with Crippen molar-refractivity contribution in [2.75, 3.05) is 6.54 Å². The van der Waals surface area contributed by atoms with Gasteiger partial charge >= 0.3 is 0 Å². The van der Waals surface area contributed by atoms with Gasteiger partial charge in [-0.2, -0.15) is 0 Å². The maximum absolute atomic E-state index is 6.50. The molecule has 0 bridgehead atoms. The lowest BCUT2D eigenvalue weighted by Gasteiger charge is -1.96. The summed E-state index contributed by atoms with van der Waals surface area (Å²) in [5.41, 5.74) is 0. The molecule has 0 amide bonds. The molecule has 0 saturated carbocycles. The Balaban J connectivity index is 0. The van der Waals surface area contributed by atoms with Crippen LogP contribution in [0.4, 0.5) is 0 Å². The van der Waals surface area contributed by atoms with Crippen LogP contribution in [0.3, 0.4) is 0 Å². The molecule has 2 unspecified atom stereocenters. The smallest absolute Gasteiger partial charge is 0.00418 e. The molecule has 0 radical (unpaired) electrons. The van der Waals surface area contributed by atoms with Crippen LogP contribution in [0.5, 0.6) is 0 Å². The average molecular weight is 162 g/mol. The number of nitrogens with one attached hydrogen (secondary N) is 1. The Kier molecular flexibility index (Phi) is 12.1. The van der Waals surface area contributed by atoms with E-state index in [9.17, 15) is 0 Å². The quantitative estimate of drug-likeness (QED) is 0.471. The van der Waals surface area contributed by atoms with Crippen LogP contribution in [0.15, 0.2) is 0 Å². The fourth-order valence-electron chi connectivity index (χ4n) is 1.17. The molecule has 0 aliphatic carbocycles. The summed E-state index contributed by atoms with van der Waals surface area (Å²) < 4.78 is 0. The molecular weight excluding hydrogens is 140 g/mol. The van der Waals surface area contributed by atoms with Gasteiger partial charge in [0.1, 0.15) is 0 Å². The zero-order chi connectivity index (χ0) is 9.28. The van der Waals surface area contributed by atoms with Gasteiger partial charge in [-0.15, -0.1) is 0 Å². The summed E-state index contributed by atoms with van der Waals surface area (Å²) in [6.45, 7) is 9.75. The normalized spacial score (nSPS) is 27.8.